The Hall–Kier alpha value is -3.65. The first kappa shape index (κ1) is 20.7. The molecule has 0 amide bonds. The average molecular weight is 533 g/mol. The van der Waals surface area contributed by atoms with Crippen LogP contribution in [0.4, 0.5) is 11.4 Å². The van der Waals surface area contributed by atoms with E-state index in [2.05, 4.69) is 26.6 Å². The quantitative estimate of drug-likeness (QED) is 0.426. The van der Waals surface area contributed by atoms with Gasteiger partial charge in [-0.05, 0) is 59.9 Å². The van der Waals surface area contributed by atoms with Crippen molar-refractivity contribution in [1.29, 1.82) is 0 Å². The number of Topliss-reactive ketones (excluding diaryl/α,β-unsaturated/α-hetero) is 1. The van der Waals surface area contributed by atoms with Crippen LogP contribution in [0.3, 0.4) is 0 Å². The first-order valence-electron chi connectivity index (χ1n) is 11.5. The monoisotopic (exact) mass is 532 g/mol. The van der Waals surface area contributed by atoms with Crippen molar-refractivity contribution < 1.29 is 23.7 Å². The second-order valence-corrected chi connectivity index (χ2v) is 9.86. The third-order valence-corrected chi connectivity index (χ3v) is 7.67. The second kappa shape index (κ2) is 7.95. The predicted octanol–water partition coefficient (Wildman–Crippen LogP) is 5.89. The lowest BCUT2D eigenvalue weighted by Gasteiger charge is -2.30. The van der Waals surface area contributed by atoms with Gasteiger partial charge in [-0.2, -0.15) is 0 Å². The minimum Gasteiger partial charge on any atom is -0.454 e. The van der Waals surface area contributed by atoms with E-state index in [0.717, 1.165) is 49.7 Å². The molecule has 3 heterocycles. The van der Waals surface area contributed by atoms with Gasteiger partial charge in [0.25, 0.3) is 0 Å². The highest BCUT2D eigenvalue weighted by Gasteiger charge is 2.37. The number of benzene rings is 3. The third-order valence-electron chi connectivity index (χ3n) is 6.98. The molecule has 2 N–H and O–H groups in total. The van der Waals surface area contributed by atoms with E-state index in [-0.39, 0.29) is 31.3 Å². The van der Waals surface area contributed by atoms with Crippen LogP contribution in [0.2, 0.25) is 0 Å². The van der Waals surface area contributed by atoms with Gasteiger partial charge < -0.3 is 29.6 Å². The Morgan fingerprint density at radius 3 is 2.34 bits per heavy atom. The minimum absolute atomic E-state index is 0.0364. The molecule has 0 saturated carbocycles. The molecular formula is C27H21BrN2O5. The Labute approximate surface area is 210 Å². The van der Waals surface area contributed by atoms with E-state index in [9.17, 15) is 4.79 Å². The van der Waals surface area contributed by atoms with Gasteiger partial charge in [0.1, 0.15) is 0 Å². The summed E-state index contributed by atoms with van der Waals surface area (Å²) in [6, 6.07) is 17.5. The van der Waals surface area contributed by atoms with Gasteiger partial charge in [-0.3, -0.25) is 4.79 Å². The molecule has 8 heteroatoms. The molecule has 0 bridgehead atoms. The number of rotatable bonds is 2. The zero-order valence-electron chi connectivity index (χ0n) is 18.6. The van der Waals surface area contributed by atoms with Crippen LogP contribution in [-0.4, -0.2) is 19.4 Å². The molecule has 3 aromatic rings. The van der Waals surface area contributed by atoms with Crippen LogP contribution in [-0.2, 0) is 4.79 Å². The number of halogens is 1. The molecule has 4 aliphatic rings. The Kier molecular flexibility index (Phi) is 4.70. The fourth-order valence-corrected chi connectivity index (χ4v) is 5.83. The van der Waals surface area contributed by atoms with Gasteiger partial charge in [-0.15, -0.1) is 0 Å². The lowest BCUT2D eigenvalue weighted by molar-refractivity contribution is -0.116. The number of ether oxygens (including phenoxy) is 4. The number of para-hydroxylation sites is 2. The molecule has 0 radical (unpaired) electrons. The van der Waals surface area contributed by atoms with Gasteiger partial charge in [0.05, 0.1) is 17.4 Å². The molecule has 0 spiro atoms. The van der Waals surface area contributed by atoms with Crippen LogP contribution in [0.25, 0.3) is 0 Å². The van der Waals surface area contributed by atoms with Crippen molar-refractivity contribution in [2.45, 2.75) is 24.8 Å². The average Bonchev–Trinajstić information content (AvgIpc) is 3.48. The Balaban J connectivity index is 1.33. The largest absolute Gasteiger partial charge is 0.454 e. The lowest BCUT2D eigenvalue weighted by atomic mass is 9.78. The molecule has 176 valence electrons. The van der Waals surface area contributed by atoms with Crippen molar-refractivity contribution in [1.82, 2.24) is 0 Å². The van der Waals surface area contributed by atoms with Crippen LogP contribution in [0, 0.1) is 0 Å². The van der Waals surface area contributed by atoms with E-state index in [1.165, 1.54) is 0 Å². The van der Waals surface area contributed by atoms with Crippen molar-refractivity contribution in [3.05, 3.63) is 81.5 Å². The summed E-state index contributed by atoms with van der Waals surface area (Å²) in [5.41, 5.74) is 5.55. The summed E-state index contributed by atoms with van der Waals surface area (Å²) in [4.78, 5) is 13.8. The molecule has 7 nitrogen and oxygen atoms in total. The van der Waals surface area contributed by atoms with Crippen molar-refractivity contribution in [2.24, 2.45) is 0 Å². The number of carbonyl (C=O) groups excluding carboxylic acids is 1. The molecular weight excluding hydrogens is 512 g/mol. The zero-order chi connectivity index (χ0) is 23.5. The van der Waals surface area contributed by atoms with E-state index >= 15 is 0 Å². The van der Waals surface area contributed by atoms with E-state index in [1.807, 2.05) is 54.6 Å². The highest BCUT2D eigenvalue weighted by Crippen LogP contribution is 2.48. The number of ketones is 1. The van der Waals surface area contributed by atoms with Crippen molar-refractivity contribution in [2.75, 3.05) is 24.2 Å². The highest BCUT2D eigenvalue weighted by atomic mass is 79.9. The van der Waals surface area contributed by atoms with Crippen LogP contribution >= 0.6 is 15.9 Å². The Morgan fingerprint density at radius 2 is 1.51 bits per heavy atom. The molecule has 3 aliphatic heterocycles. The van der Waals surface area contributed by atoms with Crippen LogP contribution in [0.5, 0.6) is 23.0 Å². The smallest absolute Gasteiger partial charge is 0.231 e. The molecule has 0 unspecified atom stereocenters. The summed E-state index contributed by atoms with van der Waals surface area (Å²) in [6.07, 6.45) is 1.12. The number of allylic oxidation sites excluding steroid dienone is 1. The summed E-state index contributed by atoms with van der Waals surface area (Å²) < 4.78 is 23.1. The van der Waals surface area contributed by atoms with E-state index in [0.29, 0.717) is 24.3 Å². The maximum atomic E-state index is 13.8. The predicted molar refractivity (Wildman–Crippen MR) is 133 cm³/mol. The normalized spacial score (nSPS) is 21.6. The maximum Gasteiger partial charge on any atom is 0.231 e. The van der Waals surface area contributed by atoms with Crippen molar-refractivity contribution >= 4 is 33.1 Å². The number of anilines is 2. The van der Waals surface area contributed by atoms with Crippen LogP contribution < -0.4 is 29.6 Å². The van der Waals surface area contributed by atoms with Crippen LogP contribution in [0.1, 0.15) is 35.9 Å². The van der Waals surface area contributed by atoms with Crippen LogP contribution in [0.15, 0.2) is 70.3 Å². The standard InChI is InChI=1S/C27H21BrN2O5/c28-17-11-25-24(34-13-35-25)10-16(17)27-26-20(29-18-3-1-2-4-19(18)30-27)7-15(8-21(26)31)14-5-6-22-23(9-14)33-12-32-22/h1-6,9-11,15,27,29-30H,7-8,12-13H2/t15-,27+/m0/s1. The molecule has 35 heavy (non-hydrogen) atoms. The fraction of sp³-hybridized carbons (Fsp3) is 0.222. The Bertz CT molecular complexity index is 1420. The van der Waals surface area contributed by atoms with E-state index in [4.69, 9.17) is 18.9 Å². The zero-order valence-corrected chi connectivity index (χ0v) is 20.2. The molecule has 0 aromatic heterocycles. The molecule has 0 fully saturated rings. The topological polar surface area (TPSA) is 78.1 Å². The van der Waals surface area contributed by atoms with Crippen molar-refractivity contribution in [3.8, 4) is 23.0 Å². The molecule has 3 aromatic carbocycles. The summed E-state index contributed by atoms with van der Waals surface area (Å²) in [6.45, 7) is 0.422. The summed E-state index contributed by atoms with van der Waals surface area (Å²) >= 11 is 3.71. The van der Waals surface area contributed by atoms with Gasteiger partial charge in [0.15, 0.2) is 28.8 Å². The number of nitrogens with one attached hydrogen (secondary N) is 2. The fourth-order valence-electron chi connectivity index (χ4n) is 5.28. The lowest BCUT2D eigenvalue weighted by Crippen LogP contribution is -2.27. The first-order chi connectivity index (χ1) is 17.1. The van der Waals surface area contributed by atoms with Gasteiger partial charge in [0.2, 0.25) is 13.6 Å². The van der Waals surface area contributed by atoms with E-state index < -0.39 is 0 Å². The van der Waals surface area contributed by atoms with Crippen molar-refractivity contribution in [3.63, 3.8) is 0 Å². The third kappa shape index (κ3) is 3.43. The number of hydrogen-bond donors (Lipinski definition) is 2. The first-order valence-corrected chi connectivity index (χ1v) is 12.3. The maximum absolute atomic E-state index is 13.8. The number of carbonyl (C=O) groups is 1. The van der Waals surface area contributed by atoms with Gasteiger partial charge in [0, 0.05) is 22.2 Å². The summed E-state index contributed by atoms with van der Waals surface area (Å²) in [5, 5.41) is 7.21. The number of fused-ring (bicyclic) bond motifs is 3. The number of hydrogen-bond acceptors (Lipinski definition) is 7. The second-order valence-electron chi connectivity index (χ2n) is 9.01. The van der Waals surface area contributed by atoms with E-state index in [1.54, 1.807) is 0 Å². The molecule has 1 aliphatic carbocycles. The van der Waals surface area contributed by atoms with Gasteiger partial charge in [-0.1, -0.05) is 34.1 Å². The summed E-state index contributed by atoms with van der Waals surface area (Å²) in [5.74, 6) is 3.00. The SMILES string of the molecule is O=C1C[C@@H](c2ccc3c(c2)OCO3)CC2=C1[C@@H](c1cc3c(cc1Br)OCO3)Nc1ccccc1N2. The Morgan fingerprint density at radius 1 is 0.800 bits per heavy atom. The molecule has 7 rings (SSSR count). The van der Waals surface area contributed by atoms with Gasteiger partial charge >= 0.3 is 0 Å². The molecule has 2 atom stereocenters. The summed E-state index contributed by atoms with van der Waals surface area (Å²) in [7, 11) is 0. The minimum atomic E-state index is -0.352. The molecule has 0 saturated heterocycles. The van der Waals surface area contributed by atoms with Gasteiger partial charge in [-0.25, -0.2) is 0 Å². The highest BCUT2D eigenvalue weighted by molar-refractivity contribution is 9.10.